The lowest BCUT2D eigenvalue weighted by Gasteiger charge is -2.43. The summed E-state index contributed by atoms with van der Waals surface area (Å²) in [6.07, 6.45) is 1.78. The van der Waals surface area contributed by atoms with Crippen LogP contribution in [-0.2, 0) is 30.9 Å². The Labute approximate surface area is 273 Å². The number of anilines is 1. The van der Waals surface area contributed by atoms with E-state index in [1.165, 1.54) is 0 Å². The van der Waals surface area contributed by atoms with Gasteiger partial charge >= 0.3 is 0 Å². The molecule has 0 spiro atoms. The average Bonchev–Trinajstić information content (AvgIpc) is 3.06. The van der Waals surface area contributed by atoms with Crippen molar-refractivity contribution in [2.75, 3.05) is 52.0 Å². The second-order valence-corrected chi connectivity index (χ2v) is 14.1. The first-order valence-electron chi connectivity index (χ1n) is 16.0. The molecule has 248 valence electrons. The average molecular weight is 651 g/mol. The van der Waals surface area contributed by atoms with Crippen LogP contribution in [0.5, 0.6) is 11.5 Å². The van der Waals surface area contributed by atoms with Crippen molar-refractivity contribution in [2.45, 2.75) is 69.1 Å². The van der Waals surface area contributed by atoms with Crippen LogP contribution in [-0.4, -0.2) is 77.7 Å². The molecule has 0 aliphatic carbocycles. The van der Waals surface area contributed by atoms with E-state index in [2.05, 4.69) is 11.0 Å². The number of aryl methyl sites for hydroxylation is 1. The summed E-state index contributed by atoms with van der Waals surface area (Å²) in [7, 11) is -0.501. The molecule has 3 unspecified atom stereocenters. The second-order valence-electron chi connectivity index (χ2n) is 12.2. The Balaban J connectivity index is 1.44. The molecule has 2 aliphatic heterocycles. The summed E-state index contributed by atoms with van der Waals surface area (Å²) >= 11 is 0. The van der Waals surface area contributed by atoms with E-state index in [9.17, 15) is 13.2 Å². The third kappa shape index (κ3) is 8.09. The maximum atomic E-state index is 14.1. The first kappa shape index (κ1) is 33.9. The van der Waals surface area contributed by atoms with Crippen molar-refractivity contribution in [3.05, 3.63) is 83.4 Å². The summed E-state index contributed by atoms with van der Waals surface area (Å²) in [5.74, 6) is 1.56. The molecule has 0 saturated carbocycles. The molecule has 1 saturated heterocycles. The standard InChI is InChI=1S/C36H46N2O7S/c1-26-6-15-32(16-7-26)46(40,41)38-24-36(33(23-30(38)12-8-27(2)39)29-10-13-31(43-4)14-11-29)45-25-28-9-17-35-34(22-28)37(19-21-44-35)18-5-20-42-3/h6-7,9-11,13-17,22,30,33,36H,5,8,12,18-21,23-25H2,1-4H3. The summed E-state index contributed by atoms with van der Waals surface area (Å²) in [6, 6.07) is 20.6. The first-order valence-corrected chi connectivity index (χ1v) is 17.5. The molecule has 10 heteroatoms. The number of ketones is 1. The van der Waals surface area contributed by atoms with Gasteiger partial charge in [0, 0.05) is 45.2 Å². The van der Waals surface area contributed by atoms with Gasteiger partial charge in [0.05, 0.1) is 36.9 Å². The molecule has 9 nitrogen and oxygen atoms in total. The monoisotopic (exact) mass is 650 g/mol. The van der Waals surface area contributed by atoms with Gasteiger partial charge in [-0.05, 0) is 80.6 Å². The molecule has 5 rings (SSSR count). The normalized spacial score (nSPS) is 20.2. The second kappa shape index (κ2) is 15.4. The number of carbonyl (C=O) groups is 1. The SMILES string of the molecule is COCCCN1CCOc2ccc(COC3CN(S(=O)(=O)c4ccc(C)cc4)C(CCC(C)=O)CC3c3ccc(OC)cc3)cc21. The Kier molecular flexibility index (Phi) is 11.4. The highest BCUT2D eigenvalue weighted by atomic mass is 32.2. The molecule has 2 aliphatic rings. The zero-order valence-electron chi connectivity index (χ0n) is 27.3. The zero-order chi connectivity index (χ0) is 32.7. The third-order valence-corrected chi connectivity index (χ3v) is 10.9. The lowest BCUT2D eigenvalue weighted by atomic mass is 9.82. The van der Waals surface area contributed by atoms with Gasteiger partial charge in [0.15, 0.2) is 0 Å². The Morgan fingerprint density at radius 1 is 1.02 bits per heavy atom. The Hall–Kier alpha value is -3.44. The topological polar surface area (TPSA) is 94.6 Å². The highest BCUT2D eigenvalue weighted by Gasteiger charge is 2.43. The summed E-state index contributed by atoms with van der Waals surface area (Å²) in [6.45, 7) is 6.97. The van der Waals surface area contributed by atoms with E-state index < -0.39 is 16.1 Å². The lowest BCUT2D eigenvalue weighted by molar-refractivity contribution is -0.117. The van der Waals surface area contributed by atoms with E-state index >= 15 is 0 Å². The number of hydrogen-bond donors (Lipinski definition) is 0. The van der Waals surface area contributed by atoms with Crippen LogP contribution in [0, 0.1) is 6.92 Å². The van der Waals surface area contributed by atoms with E-state index in [-0.39, 0.29) is 29.2 Å². The Morgan fingerprint density at radius 2 is 1.78 bits per heavy atom. The van der Waals surface area contributed by atoms with Gasteiger partial charge in [0.1, 0.15) is 23.9 Å². The van der Waals surface area contributed by atoms with Gasteiger partial charge in [0.2, 0.25) is 10.0 Å². The number of Topliss-reactive ketones (excluding diaryl/α,β-unsaturated/α-hetero) is 1. The molecule has 0 radical (unpaired) electrons. The summed E-state index contributed by atoms with van der Waals surface area (Å²) < 4.78 is 53.1. The minimum atomic E-state index is -3.85. The molecule has 46 heavy (non-hydrogen) atoms. The maximum Gasteiger partial charge on any atom is 0.243 e. The van der Waals surface area contributed by atoms with Crippen LogP contribution in [0.4, 0.5) is 5.69 Å². The summed E-state index contributed by atoms with van der Waals surface area (Å²) in [5.41, 5.74) is 4.06. The van der Waals surface area contributed by atoms with E-state index in [1.807, 2.05) is 55.5 Å². The number of benzene rings is 3. The fraction of sp³-hybridized carbons (Fsp3) is 0.472. The number of ether oxygens (including phenoxy) is 4. The molecule has 0 N–H and O–H groups in total. The number of nitrogens with zero attached hydrogens (tertiary/aromatic N) is 2. The number of carbonyl (C=O) groups excluding carboxylic acids is 1. The van der Waals surface area contributed by atoms with Gasteiger partial charge in [-0.2, -0.15) is 4.31 Å². The predicted octanol–water partition coefficient (Wildman–Crippen LogP) is 5.74. The van der Waals surface area contributed by atoms with Gasteiger partial charge in [0.25, 0.3) is 0 Å². The molecule has 0 aromatic heterocycles. The van der Waals surface area contributed by atoms with Crippen molar-refractivity contribution in [1.29, 1.82) is 0 Å². The zero-order valence-corrected chi connectivity index (χ0v) is 28.1. The van der Waals surface area contributed by atoms with Gasteiger partial charge < -0.3 is 28.6 Å². The third-order valence-electron chi connectivity index (χ3n) is 8.97. The highest BCUT2D eigenvalue weighted by Crippen LogP contribution is 2.39. The fourth-order valence-electron chi connectivity index (χ4n) is 6.40. The first-order chi connectivity index (χ1) is 22.2. The van der Waals surface area contributed by atoms with Crippen molar-refractivity contribution >= 4 is 21.5 Å². The molecule has 3 atom stereocenters. The minimum absolute atomic E-state index is 0.0414. The van der Waals surface area contributed by atoms with E-state index in [0.717, 1.165) is 53.4 Å². The Morgan fingerprint density at radius 3 is 2.48 bits per heavy atom. The molecule has 3 aromatic carbocycles. The molecule has 0 amide bonds. The predicted molar refractivity (Wildman–Crippen MR) is 178 cm³/mol. The smallest absolute Gasteiger partial charge is 0.243 e. The summed E-state index contributed by atoms with van der Waals surface area (Å²) in [5, 5.41) is 0. The van der Waals surface area contributed by atoms with E-state index in [4.69, 9.17) is 18.9 Å². The van der Waals surface area contributed by atoms with Gasteiger partial charge in [-0.1, -0.05) is 35.9 Å². The molecule has 3 aromatic rings. The van der Waals surface area contributed by atoms with Crippen LogP contribution in [0.25, 0.3) is 0 Å². The van der Waals surface area contributed by atoms with E-state index in [0.29, 0.717) is 39.1 Å². The van der Waals surface area contributed by atoms with Crippen LogP contribution >= 0.6 is 0 Å². The largest absolute Gasteiger partial charge is 0.497 e. The molecule has 2 heterocycles. The van der Waals surface area contributed by atoms with Gasteiger partial charge in [-0.25, -0.2) is 8.42 Å². The number of fused-ring (bicyclic) bond motifs is 1. The summed E-state index contributed by atoms with van der Waals surface area (Å²) in [4.78, 5) is 14.6. The molecular weight excluding hydrogens is 604 g/mol. The van der Waals surface area contributed by atoms with Crippen LogP contribution in [0.3, 0.4) is 0 Å². The number of rotatable bonds is 14. The van der Waals surface area contributed by atoms with Crippen LogP contribution in [0.2, 0.25) is 0 Å². The quantitative estimate of drug-likeness (QED) is 0.204. The van der Waals surface area contributed by atoms with Crippen LogP contribution < -0.4 is 14.4 Å². The number of hydrogen-bond acceptors (Lipinski definition) is 8. The van der Waals surface area contributed by atoms with E-state index in [1.54, 1.807) is 37.6 Å². The van der Waals surface area contributed by atoms with Crippen molar-refractivity contribution in [1.82, 2.24) is 4.31 Å². The van der Waals surface area contributed by atoms with Crippen molar-refractivity contribution < 1.29 is 32.2 Å². The number of sulfonamides is 1. The Bertz CT molecular complexity index is 1560. The van der Waals surface area contributed by atoms with Crippen molar-refractivity contribution in [2.24, 2.45) is 0 Å². The fourth-order valence-corrected chi connectivity index (χ4v) is 8.08. The molecule has 0 bridgehead atoms. The van der Waals surface area contributed by atoms with Gasteiger partial charge in [-0.15, -0.1) is 0 Å². The number of methoxy groups -OCH3 is 2. The maximum absolute atomic E-state index is 14.1. The van der Waals surface area contributed by atoms with Crippen molar-refractivity contribution in [3.8, 4) is 11.5 Å². The highest BCUT2D eigenvalue weighted by molar-refractivity contribution is 7.89. The minimum Gasteiger partial charge on any atom is -0.497 e. The van der Waals surface area contributed by atoms with Gasteiger partial charge in [-0.3, -0.25) is 0 Å². The lowest BCUT2D eigenvalue weighted by Crippen LogP contribution is -2.52. The number of piperidine rings is 1. The van der Waals surface area contributed by atoms with Crippen molar-refractivity contribution in [3.63, 3.8) is 0 Å². The molecular formula is C36H46N2O7S. The molecule has 1 fully saturated rings. The van der Waals surface area contributed by atoms with Crippen LogP contribution in [0.1, 0.15) is 55.2 Å². The van der Waals surface area contributed by atoms with Crippen LogP contribution in [0.15, 0.2) is 71.6 Å².